The summed E-state index contributed by atoms with van der Waals surface area (Å²) >= 11 is 5.87. The topological polar surface area (TPSA) is 83.6 Å². The predicted octanol–water partition coefficient (Wildman–Crippen LogP) is 1.86. The van der Waals surface area contributed by atoms with Crippen molar-refractivity contribution >= 4 is 29.2 Å². The molecule has 1 fully saturated rings. The first-order valence-electron chi connectivity index (χ1n) is 6.05. The Bertz CT molecular complexity index is 490. The van der Waals surface area contributed by atoms with E-state index in [1.54, 1.807) is 23.1 Å². The highest BCUT2D eigenvalue weighted by Gasteiger charge is 2.27. The Hall–Kier alpha value is -1.75. The number of benzene rings is 1. The van der Waals surface area contributed by atoms with Gasteiger partial charge in [0.25, 0.3) is 5.91 Å². The van der Waals surface area contributed by atoms with Crippen molar-refractivity contribution in [3.05, 3.63) is 28.8 Å². The highest BCUT2D eigenvalue weighted by molar-refractivity contribution is 6.31. The fourth-order valence-electron chi connectivity index (χ4n) is 2.25. The molecule has 6 heteroatoms. The van der Waals surface area contributed by atoms with E-state index in [1.165, 1.54) is 0 Å². The standard InChI is InChI=1S/C13H15ClN2O3/c14-10-5-9(6-11(15)7-10)12(17)16-3-1-8(2-4-16)13(18)19/h5-8H,1-4,15H2,(H,18,19). The maximum atomic E-state index is 12.2. The average molecular weight is 283 g/mol. The van der Waals surface area contributed by atoms with Crippen molar-refractivity contribution in [2.75, 3.05) is 18.8 Å². The number of halogens is 1. The normalized spacial score (nSPS) is 16.4. The second-order valence-corrected chi connectivity index (χ2v) is 5.11. The molecule has 0 bridgehead atoms. The van der Waals surface area contributed by atoms with Crippen LogP contribution >= 0.6 is 11.6 Å². The molecule has 1 aromatic carbocycles. The van der Waals surface area contributed by atoms with E-state index < -0.39 is 5.97 Å². The molecule has 1 saturated heterocycles. The number of amides is 1. The Morgan fingerprint density at radius 1 is 1.26 bits per heavy atom. The van der Waals surface area contributed by atoms with Crippen LogP contribution in [0.4, 0.5) is 5.69 Å². The van der Waals surface area contributed by atoms with Crippen LogP contribution in [0.5, 0.6) is 0 Å². The second kappa shape index (κ2) is 5.48. The van der Waals surface area contributed by atoms with Crippen molar-refractivity contribution in [2.24, 2.45) is 5.92 Å². The number of nitrogen functional groups attached to an aromatic ring is 1. The molecule has 19 heavy (non-hydrogen) atoms. The van der Waals surface area contributed by atoms with Gasteiger partial charge in [-0.2, -0.15) is 0 Å². The van der Waals surface area contributed by atoms with Crippen LogP contribution in [0.1, 0.15) is 23.2 Å². The molecule has 0 spiro atoms. The van der Waals surface area contributed by atoms with Crippen molar-refractivity contribution in [1.29, 1.82) is 0 Å². The molecule has 1 aromatic rings. The molecule has 3 N–H and O–H groups in total. The fourth-order valence-corrected chi connectivity index (χ4v) is 2.49. The summed E-state index contributed by atoms with van der Waals surface area (Å²) in [6.07, 6.45) is 0.967. The monoisotopic (exact) mass is 282 g/mol. The minimum atomic E-state index is -0.793. The van der Waals surface area contributed by atoms with E-state index in [0.717, 1.165) is 0 Å². The number of nitrogens with two attached hydrogens (primary N) is 1. The van der Waals surface area contributed by atoms with Crippen LogP contribution in [-0.4, -0.2) is 35.0 Å². The molecule has 102 valence electrons. The molecule has 2 rings (SSSR count). The van der Waals surface area contributed by atoms with Crippen molar-refractivity contribution < 1.29 is 14.7 Å². The molecule has 5 nitrogen and oxygen atoms in total. The number of piperidine rings is 1. The van der Waals surface area contributed by atoms with Gasteiger partial charge in [-0.3, -0.25) is 9.59 Å². The number of nitrogens with zero attached hydrogens (tertiary/aromatic N) is 1. The summed E-state index contributed by atoms with van der Waals surface area (Å²) in [4.78, 5) is 24.7. The van der Waals surface area contributed by atoms with Crippen LogP contribution in [0.3, 0.4) is 0 Å². The van der Waals surface area contributed by atoms with E-state index in [0.29, 0.717) is 42.2 Å². The number of aliphatic carboxylic acids is 1. The Balaban J connectivity index is 2.07. The Labute approximate surface area is 116 Å². The highest BCUT2D eigenvalue weighted by Crippen LogP contribution is 2.22. The van der Waals surface area contributed by atoms with Crippen molar-refractivity contribution in [3.63, 3.8) is 0 Å². The van der Waals surface area contributed by atoms with Crippen molar-refractivity contribution in [3.8, 4) is 0 Å². The Morgan fingerprint density at radius 2 is 1.89 bits per heavy atom. The minimum absolute atomic E-state index is 0.155. The maximum Gasteiger partial charge on any atom is 0.306 e. The quantitative estimate of drug-likeness (QED) is 0.811. The lowest BCUT2D eigenvalue weighted by Gasteiger charge is -2.30. The number of carbonyl (C=O) groups excluding carboxylic acids is 1. The summed E-state index contributed by atoms with van der Waals surface area (Å²) in [5.41, 5.74) is 6.54. The van der Waals surface area contributed by atoms with Crippen LogP contribution in [0, 0.1) is 5.92 Å². The fraction of sp³-hybridized carbons (Fsp3) is 0.385. The summed E-state index contributed by atoms with van der Waals surface area (Å²) in [5, 5.41) is 9.34. The van der Waals surface area contributed by atoms with Gasteiger partial charge < -0.3 is 15.7 Å². The summed E-state index contributed by atoms with van der Waals surface area (Å²) in [5.74, 6) is -1.30. The van der Waals surface area contributed by atoms with Crippen molar-refractivity contribution in [1.82, 2.24) is 4.90 Å². The first-order chi connectivity index (χ1) is 8.97. The number of likely N-dealkylation sites (tertiary alicyclic amines) is 1. The van der Waals surface area contributed by atoms with Gasteiger partial charge in [-0.25, -0.2) is 0 Å². The number of anilines is 1. The molecule has 1 aliphatic heterocycles. The third-order valence-corrected chi connectivity index (χ3v) is 3.52. The third-order valence-electron chi connectivity index (χ3n) is 3.30. The number of carboxylic acids is 1. The third kappa shape index (κ3) is 3.17. The van der Waals surface area contributed by atoms with Crippen LogP contribution in [-0.2, 0) is 4.79 Å². The maximum absolute atomic E-state index is 12.2. The number of hydrogen-bond donors (Lipinski definition) is 2. The SMILES string of the molecule is Nc1cc(Cl)cc(C(=O)N2CCC(C(=O)O)CC2)c1. The number of hydrogen-bond acceptors (Lipinski definition) is 3. The van der Waals surface area contributed by atoms with Gasteiger partial charge in [0.1, 0.15) is 0 Å². The molecule has 1 aliphatic rings. The second-order valence-electron chi connectivity index (χ2n) is 4.68. The van der Waals surface area contributed by atoms with Crippen LogP contribution < -0.4 is 5.73 Å². The molecule has 1 amide bonds. The van der Waals surface area contributed by atoms with E-state index in [1.807, 2.05) is 0 Å². The molecular weight excluding hydrogens is 268 g/mol. The number of rotatable bonds is 2. The minimum Gasteiger partial charge on any atom is -0.481 e. The van der Waals surface area contributed by atoms with Gasteiger partial charge >= 0.3 is 5.97 Å². The molecule has 0 unspecified atom stereocenters. The lowest BCUT2D eigenvalue weighted by Crippen LogP contribution is -2.40. The van der Waals surface area contributed by atoms with Crippen LogP contribution in [0.15, 0.2) is 18.2 Å². The van der Waals surface area contributed by atoms with E-state index in [2.05, 4.69) is 0 Å². The molecule has 0 saturated carbocycles. The largest absolute Gasteiger partial charge is 0.481 e. The Kier molecular flexibility index (Phi) is 3.95. The number of carbonyl (C=O) groups is 2. The van der Waals surface area contributed by atoms with Crippen molar-refractivity contribution in [2.45, 2.75) is 12.8 Å². The van der Waals surface area contributed by atoms with Gasteiger partial charge in [0, 0.05) is 29.4 Å². The van der Waals surface area contributed by atoms with Gasteiger partial charge in [0.2, 0.25) is 0 Å². The van der Waals surface area contributed by atoms with E-state index in [-0.39, 0.29) is 11.8 Å². The van der Waals surface area contributed by atoms with Crippen LogP contribution in [0.2, 0.25) is 5.02 Å². The average Bonchev–Trinajstić information content (AvgIpc) is 2.37. The van der Waals surface area contributed by atoms with Gasteiger partial charge in [-0.1, -0.05) is 11.6 Å². The van der Waals surface area contributed by atoms with E-state index in [4.69, 9.17) is 22.4 Å². The predicted molar refractivity (Wildman–Crippen MR) is 72.1 cm³/mol. The Morgan fingerprint density at radius 3 is 2.42 bits per heavy atom. The smallest absolute Gasteiger partial charge is 0.306 e. The van der Waals surface area contributed by atoms with Gasteiger partial charge in [-0.05, 0) is 31.0 Å². The van der Waals surface area contributed by atoms with E-state index in [9.17, 15) is 9.59 Å². The molecule has 1 heterocycles. The van der Waals surface area contributed by atoms with Gasteiger partial charge in [-0.15, -0.1) is 0 Å². The summed E-state index contributed by atoms with van der Waals surface area (Å²) in [6.45, 7) is 0.893. The zero-order chi connectivity index (χ0) is 14.0. The molecule has 0 aromatic heterocycles. The molecular formula is C13H15ClN2O3. The summed E-state index contributed by atoms with van der Waals surface area (Å²) < 4.78 is 0. The molecule has 0 aliphatic carbocycles. The summed E-state index contributed by atoms with van der Waals surface area (Å²) in [6, 6.07) is 4.73. The zero-order valence-corrected chi connectivity index (χ0v) is 11.1. The number of carboxylic acid groups (broad SMARTS) is 1. The lowest BCUT2D eigenvalue weighted by atomic mass is 9.96. The molecule has 0 radical (unpaired) electrons. The van der Waals surface area contributed by atoms with E-state index >= 15 is 0 Å². The highest BCUT2D eigenvalue weighted by atomic mass is 35.5. The lowest BCUT2D eigenvalue weighted by molar-refractivity contribution is -0.143. The first-order valence-corrected chi connectivity index (χ1v) is 6.43. The van der Waals surface area contributed by atoms with Crippen LogP contribution in [0.25, 0.3) is 0 Å². The van der Waals surface area contributed by atoms with Gasteiger partial charge in [0.15, 0.2) is 0 Å². The zero-order valence-electron chi connectivity index (χ0n) is 10.3. The molecule has 0 atom stereocenters. The van der Waals surface area contributed by atoms with Gasteiger partial charge in [0.05, 0.1) is 5.92 Å². The summed E-state index contributed by atoms with van der Waals surface area (Å²) in [7, 11) is 0. The first kappa shape index (κ1) is 13.7.